The van der Waals surface area contributed by atoms with Crippen LogP contribution in [0.1, 0.15) is 35.7 Å². The van der Waals surface area contributed by atoms with Crippen LogP contribution in [-0.2, 0) is 0 Å². The van der Waals surface area contributed by atoms with E-state index < -0.39 is 0 Å². The number of benzene rings is 1. The first-order chi connectivity index (χ1) is 9.61. The number of nitrogens with zero attached hydrogens (tertiary/aromatic N) is 1. The fourth-order valence-corrected chi connectivity index (χ4v) is 2.65. The van der Waals surface area contributed by atoms with Gasteiger partial charge in [-0.3, -0.25) is 4.79 Å². The third-order valence-electron chi connectivity index (χ3n) is 3.99. The summed E-state index contributed by atoms with van der Waals surface area (Å²) in [4.78, 5) is 14.3. The summed E-state index contributed by atoms with van der Waals surface area (Å²) in [6.07, 6.45) is 2.08. The van der Waals surface area contributed by atoms with E-state index in [0.29, 0.717) is 17.0 Å². The number of amides is 1. The predicted molar refractivity (Wildman–Crippen MR) is 85.6 cm³/mol. The summed E-state index contributed by atoms with van der Waals surface area (Å²) in [7, 11) is 0. The van der Waals surface area contributed by atoms with Crippen molar-refractivity contribution in [2.75, 3.05) is 26.2 Å². The Kier molecular flexibility index (Phi) is 7.12. The molecule has 1 aliphatic heterocycles. The Morgan fingerprint density at radius 2 is 2.05 bits per heavy atom. The highest BCUT2D eigenvalue weighted by molar-refractivity contribution is 5.94. The number of carbonyl (C=O) groups excluding carboxylic acids is 1. The lowest BCUT2D eigenvalue weighted by molar-refractivity contribution is 0.0690. The van der Waals surface area contributed by atoms with Crippen LogP contribution >= 0.6 is 12.4 Å². The van der Waals surface area contributed by atoms with Gasteiger partial charge in [-0.1, -0.05) is 6.92 Å². The standard InChI is InChI=1S/C16H23FN2O.ClH/c1-3-18-11-13-6-8-19(9-7-13)16(20)14-4-5-15(17)12(2)10-14;/h4-5,10,13,18H,3,6-9,11H2,1-2H3;1H. The van der Waals surface area contributed by atoms with Crippen LogP contribution in [0.15, 0.2) is 18.2 Å². The van der Waals surface area contributed by atoms with Crippen LogP contribution in [0.3, 0.4) is 0 Å². The Morgan fingerprint density at radius 3 is 2.62 bits per heavy atom. The maximum atomic E-state index is 13.2. The second-order valence-electron chi connectivity index (χ2n) is 5.51. The number of nitrogens with one attached hydrogen (secondary N) is 1. The van der Waals surface area contributed by atoms with Gasteiger partial charge >= 0.3 is 0 Å². The van der Waals surface area contributed by atoms with Crippen LogP contribution in [0.25, 0.3) is 0 Å². The number of hydrogen-bond acceptors (Lipinski definition) is 2. The Morgan fingerprint density at radius 1 is 1.38 bits per heavy atom. The smallest absolute Gasteiger partial charge is 0.253 e. The van der Waals surface area contributed by atoms with E-state index in [2.05, 4.69) is 12.2 Å². The largest absolute Gasteiger partial charge is 0.339 e. The minimum Gasteiger partial charge on any atom is -0.339 e. The summed E-state index contributed by atoms with van der Waals surface area (Å²) >= 11 is 0. The fraction of sp³-hybridized carbons (Fsp3) is 0.562. The van der Waals surface area contributed by atoms with Gasteiger partial charge in [0.05, 0.1) is 0 Å². The molecule has 2 rings (SSSR count). The Bertz CT molecular complexity index is 473. The number of piperidine rings is 1. The number of rotatable bonds is 4. The first-order valence-electron chi connectivity index (χ1n) is 7.38. The molecule has 0 atom stereocenters. The van der Waals surface area contributed by atoms with E-state index >= 15 is 0 Å². The van der Waals surface area contributed by atoms with E-state index in [4.69, 9.17) is 0 Å². The van der Waals surface area contributed by atoms with Crippen molar-refractivity contribution in [1.82, 2.24) is 10.2 Å². The lowest BCUT2D eigenvalue weighted by Crippen LogP contribution is -2.40. The maximum Gasteiger partial charge on any atom is 0.253 e. The van der Waals surface area contributed by atoms with Gasteiger partial charge in [-0.2, -0.15) is 0 Å². The molecular weight excluding hydrogens is 291 g/mol. The molecule has 1 aromatic rings. The molecule has 1 saturated heterocycles. The average Bonchev–Trinajstić information content (AvgIpc) is 2.48. The highest BCUT2D eigenvalue weighted by Gasteiger charge is 2.23. The summed E-state index contributed by atoms with van der Waals surface area (Å²) in [6, 6.07) is 4.60. The van der Waals surface area contributed by atoms with Gasteiger partial charge in [0.25, 0.3) is 5.91 Å². The molecule has 0 bridgehead atoms. The molecule has 0 aromatic heterocycles. The zero-order valence-electron chi connectivity index (χ0n) is 12.7. The molecule has 1 aromatic carbocycles. The van der Waals surface area contributed by atoms with E-state index in [9.17, 15) is 9.18 Å². The molecule has 21 heavy (non-hydrogen) atoms. The van der Waals surface area contributed by atoms with Gasteiger partial charge in [-0.05, 0) is 62.5 Å². The quantitative estimate of drug-likeness (QED) is 0.926. The van der Waals surface area contributed by atoms with Crippen LogP contribution < -0.4 is 5.32 Å². The van der Waals surface area contributed by atoms with Crippen molar-refractivity contribution in [3.63, 3.8) is 0 Å². The lowest BCUT2D eigenvalue weighted by atomic mass is 9.96. The molecule has 0 saturated carbocycles. The Balaban J connectivity index is 0.00000220. The summed E-state index contributed by atoms with van der Waals surface area (Å²) < 4.78 is 13.2. The molecule has 0 unspecified atom stereocenters. The van der Waals surface area contributed by atoms with E-state index in [1.807, 2.05) is 4.90 Å². The third kappa shape index (κ3) is 4.68. The monoisotopic (exact) mass is 314 g/mol. The second-order valence-corrected chi connectivity index (χ2v) is 5.51. The molecule has 1 heterocycles. The van der Waals surface area contributed by atoms with E-state index in [0.717, 1.165) is 39.0 Å². The molecule has 0 spiro atoms. The van der Waals surface area contributed by atoms with Gasteiger partial charge < -0.3 is 10.2 Å². The lowest BCUT2D eigenvalue weighted by Gasteiger charge is -2.32. The summed E-state index contributed by atoms with van der Waals surface area (Å²) in [5.74, 6) is 0.426. The zero-order chi connectivity index (χ0) is 14.5. The number of aryl methyl sites for hydroxylation is 1. The molecule has 1 N–H and O–H groups in total. The highest BCUT2D eigenvalue weighted by atomic mass is 35.5. The second kappa shape index (κ2) is 8.35. The van der Waals surface area contributed by atoms with Gasteiger partial charge in [-0.25, -0.2) is 4.39 Å². The first kappa shape index (κ1) is 17.9. The summed E-state index contributed by atoms with van der Waals surface area (Å²) in [5, 5.41) is 3.36. The Labute approximate surface area is 132 Å². The number of hydrogen-bond donors (Lipinski definition) is 1. The highest BCUT2D eigenvalue weighted by Crippen LogP contribution is 2.19. The number of carbonyl (C=O) groups is 1. The first-order valence-corrected chi connectivity index (χ1v) is 7.38. The minimum absolute atomic E-state index is 0. The van der Waals surface area contributed by atoms with Crippen molar-refractivity contribution in [2.45, 2.75) is 26.7 Å². The van der Waals surface area contributed by atoms with Gasteiger partial charge in [-0.15, -0.1) is 12.4 Å². The zero-order valence-corrected chi connectivity index (χ0v) is 13.5. The molecule has 1 aliphatic rings. The molecule has 1 amide bonds. The van der Waals surface area contributed by atoms with Crippen molar-refractivity contribution in [3.05, 3.63) is 35.1 Å². The van der Waals surface area contributed by atoms with E-state index in [-0.39, 0.29) is 24.1 Å². The average molecular weight is 315 g/mol. The molecule has 118 valence electrons. The van der Waals surface area contributed by atoms with Crippen LogP contribution in [-0.4, -0.2) is 37.0 Å². The van der Waals surface area contributed by atoms with Gasteiger partial charge in [0, 0.05) is 18.7 Å². The van der Waals surface area contributed by atoms with Crippen LogP contribution in [0.5, 0.6) is 0 Å². The van der Waals surface area contributed by atoms with Gasteiger partial charge in [0.1, 0.15) is 5.82 Å². The SMILES string of the molecule is CCNCC1CCN(C(=O)c2ccc(F)c(C)c2)CC1.Cl. The van der Waals surface area contributed by atoms with Crippen LogP contribution in [0.4, 0.5) is 4.39 Å². The van der Waals surface area contributed by atoms with Crippen molar-refractivity contribution in [2.24, 2.45) is 5.92 Å². The maximum absolute atomic E-state index is 13.2. The van der Waals surface area contributed by atoms with Crippen molar-refractivity contribution < 1.29 is 9.18 Å². The van der Waals surface area contributed by atoms with Crippen molar-refractivity contribution in [3.8, 4) is 0 Å². The normalized spacial score (nSPS) is 15.7. The van der Waals surface area contributed by atoms with Gasteiger partial charge in [0.15, 0.2) is 0 Å². The third-order valence-corrected chi connectivity index (χ3v) is 3.99. The molecule has 3 nitrogen and oxygen atoms in total. The molecule has 0 radical (unpaired) electrons. The molecule has 0 aliphatic carbocycles. The van der Waals surface area contributed by atoms with E-state index in [1.165, 1.54) is 6.07 Å². The minimum atomic E-state index is -0.258. The fourth-order valence-electron chi connectivity index (χ4n) is 2.65. The number of halogens is 2. The van der Waals surface area contributed by atoms with Crippen molar-refractivity contribution in [1.29, 1.82) is 0 Å². The summed E-state index contributed by atoms with van der Waals surface area (Å²) in [6.45, 7) is 7.42. The van der Waals surface area contributed by atoms with Gasteiger partial charge in [0.2, 0.25) is 0 Å². The van der Waals surface area contributed by atoms with Crippen LogP contribution in [0, 0.1) is 18.7 Å². The van der Waals surface area contributed by atoms with E-state index in [1.54, 1.807) is 19.1 Å². The van der Waals surface area contributed by atoms with Crippen molar-refractivity contribution >= 4 is 18.3 Å². The molecule has 1 fully saturated rings. The topological polar surface area (TPSA) is 32.3 Å². The molecule has 5 heteroatoms. The van der Waals surface area contributed by atoms with Crippen LogP contribution in [0.2, 0.25) is 0 Å². The predicted octanol–water partition coefficient (Wildman–Crippen LogP) is 3.02. The number of likely N-dealkylation sites (tertiary alicyclic amines) is 1. The molecular formula is C16H24ClFN2O. The summed E-state index contributed by atoms with van der Waals surface area (Å²) in [5.41, 5.74) is 1.12. The Hall–Kier alpha value is -1.13.